The number of para-hydroxylation sites is 1. The summed E-state index contributed by atoms with van der Waals surface area (Å²) in [6.45, 7) is 0. The molecule has 2 aromatic rings. The van der Waals surface area contributed by atoms with Crippen LogP contribution in [0.25, 0.3) is 0 Å². The summed E-state index contributed by atoms with van der Waals surface area (Å²) in [6.07, 6.45) is 0.529. The molecule has 2 heteroatoms. The first-order valence-electron chi connectivity index (χ1n) is 5.78. The average molecular weight is 223 g/mol. The van der Waals surface area contributed by atoms with E-state index in [2.05, 4.69) is 23.5 Å². The highest BCUT2D eigenvalue weighted by molar-refractivity contribution is 5.95. The summed E-state index contributed by atoms with van der Waals surface area (Å²) < 4.78 is 0. The Kier molecular flexibility index (Phi) is 2.41. The van der Waals surface area contributed by atoms with Crippen molar-refractivity contribution in [1.29, 1.82) is 0 Å². The molecule has 0 aromatic heterocycles. The predicted molar refractivity (Wildman–Crippen MR) is 68.0 cm³/mol. The van der Waals surface area contributed by atoms with E-state index in [0.29, 0.717) is 6.42 Å². The Labute approximate surface area is 100 Å². The van der Waals surface area contributed by atoms with Crippen LogP contribution in [0.3, 0.4) is 0 Å². The number of hydrogen-bond donors (Lipinski definition) is 1. The molecule has 0 saturated carbocycles. The van der Waals surface area contributed by atoms with Gasteiger partial charge < -0.3 is 5.32 Å². The van der Waals surface area contributed by atoms with Gasteiger partial charge in [0.1, 0.15) is 0 Å². The predicted octanol–water partition coefficient (Wildman–Crippen LogP) is 3.16. The van der Waals surface area contributed by atoms with Crippen molar-refractivity contribution in [3.05, 3.63) is 65.7 Å². The molecule has 3 rings (SSSR count). The summed E-state index contributed by atoms with van der Waals surface area (Å²) >= 11 is 0. The van der Waals surface area contributed by atoms with E-state index in [-0.39, 0.29) is 11.8 Å². The van der Waals surface area contributed by atoms with Gasteiger partial charge >= 0.3 is 0 Å². The summed E-state index contributed by atoms with van der Waals surface area (Å²) in [5.41, 5.74) is 3.35. The lowest BCUT2D eigenvalue weighted by Gasteiger charge is -2.25. The first-order valence-corrected chi connectivity index (χ1v) is 5.78. The molecule has 0 aliphatic carbocycles. The molecule has 0 bridgehead atoms. The van der Waals surface area contributed by atoms with E-state index in [9.17, 15) is 4.79 Å². The molecule has 1 atom stereocenters. The van der Waals surface area contributed by atoms with E-state index in [0.717, 1.165) is 5.69 Å². The van der Waals surface area contributed by atoms with Crippen molar-refractivity contribution >= 4 is 11.6 Å². The fraction of sp³-hybridized carbons (Fsp3) is 0.133. The summed E-state index contributed by atoms with van der Waals surface area (Å²) in [6, 6.07) is 18.2. The zero-order valence-electron chi connectivity index (χ0n) is 9.39. The standard InChI is InChI=1S/C15H13NO/c17-15-10-13(11-6-2-1-3-7-11)12-8-4-5-9-14(12)16-15/h1-9,13H,10H2,(H,16,17)/t13-/m1/s1. The molecule has 0 radical (unpaired) electrons. The molecular formula is C15H13NO. The van der Waals surface area contributed by atoms with Crippen LogP contribution in [0.15, 0.2) is 54.6 Å². The van der Waals surface area contributed by atoms with Gasteiger partial charge in [0.15, 0.2) is 0 Å². The lowest BCUT2D eigenvalue weighted by molar-refractivity contribution is -0.116. The number of rotatable bonds is 1. The third kappa shape index (κ3) is 1.82. The van der Waals surface area contributed by atoms with Gasteiger partial charge in [-0.25, -0.2) is 0 Å². The highest BCUT2D eigenvalue weighted by Gasteiger charge is 2.25. The minimum absolute atomic E-state index is 0.0950. The van der Waals surface area contributed by atoms with Crippen molar-refractivity contribution in [1.82, 2.24) is 0 Å². The lowest BCUT2D eigenvalue weighted by Crippen LogP contribution is -2.23. The van der Waals surface area contributed by atoms with Crippen LogP contribution in [-0.2, 0) is 4.79 Å². The molecule has 1 amide bonds. The molecule has 1 heterocycles. The average Bonchev–Trinajstić information content (AvgIpc) is 2.39. The Hall–Kier alpha value is -2.09. The van der Waals surface area contributed by atoms with Gasteiger partial charge in [0.05, 0.1) is 0 Å². The Morgan fingerprint density at radius 2 is 1.65 bits per heavy atom. The number of fused-ring (bicyclic) bond motifs is 1. The third-order valence-electron chi connectivity index (χ3n) is 3.20. The van der Waals surface area contributed by atoms with Gasteiger partial charge in [-0.15, -0.1) is 0 Å². The third-order valence-corrected chi connectivity index (χ3v) is 3.20. The number of carbonyl (C=O) groups is 1. The van der Waals surface area contributed by atoms with Crippen LogP contribution in [0, 0.1) is 0 Å². The van der Waals surface area contributed by atoms with Crippen molar-refractivity contribution in [2.75, 3.05) is 5.32 Å². The Bertz CT molecular complexity index is 548. The highest BCUT2D eigenvalue weighted by Crippen LogP contribution is 2.36. The van der Waals surface area contributed by atoms with Crippen LogP contribution in [0.5, 0.6) is 0 Å². The van der Waals surface area contributed by atoms with Crippen LogP contribution in [0.4, 0.5) is 5.69 Å². The molecule has 2 nitrogen and oxygen atoms in total. The maximum absolute atomic E-state index is 11.7. The van der Waals surface area contributed by atoms with Crippen LogP contribution in [0.2, 0.25) is 0 Å². The molecule has 0 unspecified atom stereocenters. The number of amides is 1. The van der Waals surface area contributed by atoms with Gasteiger partial charge in [-0.3, -0.25) is 4.79 Å². The first kappa shape index (κ1) is 10.1. The topological polar surface area (TPSA) is 29.1 Å². The number of benzene rings is 2. The SMILES string of the molecule is O=C1C[C@H](c2ccccc2)c2ccccc2N1. The molecule has 0 fully saturated rings. The van der Waals surface area contributed by atoms with Crippen molar-refractivity contribution < 1.29 is 4.79 Å². The van der Waals surface area contributed by atoms with Crippen LogP contribution in [-0.4, -0.2) is 5.91 Å². The molecule has 1 N–H and O–H groups in total. The van der Waals surface area contributed by atoms with Gasteiger partial charge in [0, 0.05) is 18.0 Å². The van der Waals surface area contributed by atoms with E-state index in [1.165, 1.54) is 11.1 Å². The van der Waals surface area contributed by atoms with Gasteiger partial charge in [-0.2, -0.15) is 0 Å². The van der Waals surface area contributed by atoms with E-state index < -0.39 is 0 Å². The van der Waals surface area contributed by atoms with Gasteiger partial charge in [-0.1, -0.05) is 48.5 Å². The molecule has 1 aliphatic rings. The molecule has 0 spiro atoms. The minimum atomic E-state index is 0.0950. The number of carbonyl (C=O) groups excluding carboxylic acids is 1. The van der Waals surface area contributed by atoms with E-state index in [1.54, 1.807) is 0 Å². The largest absolute Gasteiger partial charge is 0.326 e. The summed E-state index contributed by atoms with van der Waals surface area (Å²) in [7, 11) is 0. The number of anilines is 1. The molecule has 84 valence electrons. The molecule has 0 saturated heterocycles. The fourth-order valence-electron chi connectivity index (χ4n) is 2.39. The zero-order valence-corrected chi connectivity index (χ0v) is 9.39. The second-order valence-electron chi connectivity index (χ2n) is 4.30. The van der Waals surface area contributed by atoms with Crippen LogP contribution in [0.1, 0.15) is 23.5 Å². The van der Waals surface area contributed by atoms with Crippen molar-refractivity contribution in [2.24, 2.45) is 0 Å². The van der Waals surface area contributed by atoms with Crippen LogP contribution >= 0.6 is 0 Å². The van der Waals surface area contributed by atoms with Gasteiger partial charge in [0.2, 0.25) is 5.91 Å². The maximum Gasteiger partial charge on any atom is 0.225 e. The van der Waals surface area contributed by atoms with Crippen LogP contribution < -0.4 is 5.32 Å². The number of nitrogens with one attached hydrogen (secondary N) is 1. The second-order valence-corrected chi connectivity index (χ2v) is 4.30. The molecular weight excluding hydrogens is 210 g/mol. The van der Waals surface area contributed by atoms with Crippen molar-refractivity contribution in [2.45, 2.75) is 12.3 Å². The minimum Gasteiger partial charge on any atom is -0.326 e. The van der Waals surface area contributed by atoms with Crippen molar-refractivity contribution in [3.63, 3.8) is 0 Å². The second kappa shape index (κ2) is 4.06. The fourth-order valence-corrected chi connectivity index (χ4v) is 2.39. The Morgan fingerprint density at radius 1 is 0.941 bits per heavy atom. The monoisotopic (exact) mass is 223 g/mol. The summed E-state index contributed by atoms with van der Waals surface area (Å²) in [5, 5.41) is 2.92. The maximum atomic E-state index is 11.7. The number of hydrogen-bond acceptors (Lipinski definition) is 1. The smallest absolute Gasteiger partial charge is 0.225 e. The van der Waals surface area contributed by atoms with E-state index in [1.807, 2.05) is 36.4 Å². The lowest BCUT2D eigenvalue weighted by atomic mass is 9.85. The summed E-state index contributed by atoms with van der Waals surface area (Å²) in [5.74, 6) is 0.277. The highest BCUT2D eigenvalue weighted by atomic mass is 16.1. The zero-order chi connectivity index (χ0) is 11.7. The quantitative estimate of drug-likeness (QED) is 0.790. The van der Waals surface area contributed by atoms with Gasteiger partial charge in [-0.05, 0) is 17.2 Å². The van der Waals surface area contributed by atoms with Gasteiger partial charge in [0.25, 0.3) is 0 Å². The Morgan fingerprint density at radius 3 is 2.47 bits per heavy atom. The summed E-state index contributed by atoms with van der Waals surface area (Å²) in [4.78, 5) is 11.7. The Balaban J connectivity index is 2.10. The normalized spacial score (nSPS) is 18.4. The molecule has 17 heavy (non-hydrogen) atoms. The van der Waals surface area contributed by atoms with E-state index >= 15 is 0 Å². The van der Waals surface area contributed by atoms with E-state index in [4.69, 9.17) is 0 Å². The molecule has 1 aliphatic heterocycles. The first-order chi connectivity index (χ1) is 8.34. The molecule has 2 aromatic carbocycles. The van der Waals surface area contributed by atoms with Crippen molar-refractivity contribution in [3.8, 4) is 0 Å².